The number of ether oxygens (including phenoxy) is 6. The maximum atomic E-state index is 13.6. The van der Waals surface area contributed by atoms with Gasteiger partial charge in [-0.25, -0.2) is 33.1 Å². The Kier molecular flexibility index (Phi) is 36.8. The number of phosphoric ester groups is 2. The molecule has 14 atom stereocenters. The van der Waals surface area contributed by atoms with Crippen molar-refractivity contribution in [3.8, 4) is 18.2 Å². The third kappa shape index (κ3) is 25.4. The van der Waals surface area contributed by atoms with Crippen LogP contribution >= 0.6 is 15.6 Å². The van der Waals surface area contributed by atoms with Crippen LogP contribution < -0.4 is 11.5 Å². The molecule has 0 aromatic carbocycles. The summed E-state index contributed by atoms with van der Waals surface area (Å²) in [6.07, 6.45) is 34.6. The quantitative estimate of drug-likeness (QED) is 0.0132. The third-order valence-corrected chi connectivity index (χ3v) is 24.7. The van der Waals surface area contributed by atoms with Crippen LogP contribution in [0.15, 0.2) is 55.2 Å². The van der Waals surface area contributed by atoms with E-state index < -0.39 is 94.5 Å². The van der Waals surface area contributed by atoms with Gasteiger partial charge in [-0.2, -0.15) is 26.0 Å². The lowest BCUT2D eigenvalue weighted by Gasteiger charge is -2.35. The predicted octanol–water partition coefficient (Wildman–Crippen LogP) is 13.6. The Morgan fingerprint density at radius 1 is 0.571 bits per heavy atom. The summed E-state index contributed by atoms with van der Waals surface area (Å²) < 4.78 is 88.0. The molecule has 112 heavy (non-hydrogen) atoms. The molecule has 2 aliphatic heterocycles. The minimum Gasteiger partial charge on any atom is -0.387 e. The van der Waals surface area contributed by atoms with Gasteiger partial charge in [-0.05, 0) is 92.2 Å². The average Bonchev–Trinajstić information content (AvgIpc) is 1.47. The lowest BCUT2D eigenvalue weighted by atomic mass is 9.73. The number of hydrogen-bond acceptors (Lipinski definition) is 26. The fourth-order valence-corrected chi connectivity index (χ4v) is 17.8. The fourth-order valence-electron chi connectivity index (χ4n) is 16.1. The number of phosphoric acid groups is 2. The van der Waals surface area contributed by atoms with E-state index in [1.54, 1.807) is 36.4 Å². The zero-order valence-corrected chi connectivity index (χ0v) is 67.6. The molecule has 5 aromatic rings. The second-order valence-corrected chi connectivity index (χ2v) is 34.0. The second-order valence-electron chi connectivity index (χ2n) is 31.2. The molecule has 4 unspecified atom stereocenters. The highest BCUT2D eigenvalue weighted by molar-refractivity contribution is 7.47. The normalized spacial score (nSPS) is 25.5. The van der Waals surface area contributed by atoms with Gasteiger partial charge in [0, 0.05) is 26.0 Å². The number of pyridine rings is 1. The number of rotatable bonds is 58. The van der Waals surface area contributed by atoms with Crippen LogP contribution in [0.3, 0.4) is 0 Å². The minimum absolute atomic E-state index is 0.00810. The first-order chi connectivity index (χ1) is 54.3. The average molecular weight is 1600 g/mol. The van der Waals surface area contributed by atoms with E-state index in [-0.39, 0.29) is 55.1 Å². The van der Waals surface area contributed by atoms with Crippen LogP contribution in [0.5, 0.6) is 0 Å². The van der Waals surface area contributed by atoms with Gasteiger partial charge < -0.3 is 70.1 Å². The van der Waals surface area contributed by atoms with E-state index in [1.807, 2.05) is 18.2 Å². The summed E-state index contributed by atoms with van der Waals surface area (Å²) in [5, 5.41) is 83.3. The molecule has 10 N–H and O–H groups in total. The Balaban J connectivity index is 0.652. The van der Waals surface area contributed by atoms with Gasteiger partial charge in [0.2, 0.25) is 11.2 Å². The number of fused-ring (bicyclic) bond motifs is 3. The highest BCUT2D eigenvalue weighted by Gasteiger charge is 2.91. The zero-order chi connectivity index (χ0) is 79.8. The maximum Gasteiger partial charge on any atom is 0.472 e. The molecular formula is C80H124N12O18P2. The molecule has 30 nitrogen and oxygen atoms in total. The molecule has 2 saturated carbocycles. The van der Waals surface area contributed by atoms with Crippen LogP contribution in [0.1, 0.15) is 273 Å². The molecule has 5 aromatic heterocycles. The van der Waals surface area contributed by atoms with Gasteiger partial charge in [0.25, 0.3) is 0 Å². The lowest BCUT2D eigenvalue weighted by molar-refractivity contribution is -0.0801. The minimum atomic E-state index is -5.04. The number of aromatic nitrogens is 7. The summed E-state index contributed by atoms with van der Waals surface area (Å²) >= 11 is 0. The van der Waals surface area contributed by atoms with E-state index in [4.69, 9.17) is 58.0 Å². The smallest absolute Gasteiger partial charge is 0.387 e. The highest BCUT2D eigenvalue weighted by atomic mass is 31.2. The highest BCUT2D eigenvalue weighted by Crippen LogP contribution is 2.68. The molecule has 32 heteroatoms. The van der Waals surface area contributed by atoms with Gasteiger partial charge in [-0.1, -0.05) is 206 Å². The first kappa shape index (κ1) is 90.2. The Hall–Kier alpha value is -5.72. The number of anilines is 2. The van der Waals surface area contributed by atoms with Crippen LogP contribution in [0.2, 0.25) is 0 Å². The van der Waals surface area contributed by atoms with E-state index in [2.05, 4.69) is 39.0 Å². The van der Waals surface area contributed by atoms with Gasteiger partial charge in [0.1, 0.15) is 96.9 Å². The Labute approximate surface area is 660 Å². The molecule has 2 aliphatic carbocycles. The van der Waals surface area contributed by atoms with Crippen LogP contribution in [0.4, 0.5) is 11.6 Å². The van der Waals surface area contributed by atoms with E-state index in [0.29, 0.717) is 54.2 Å². The van der Waals surface area contributed by atoms with Gasteiger partial charge in [0.05, 0.1) is 44.4 Å². The molecule has 7 heterocycles. The van der Waals surface area contributed by atoms with Crippen molar-refractivity contribution in [1.29, 1.82) is 15.8 Å². The largest absolute Gasteiger partial charge is 0.472 e. The van der Waals surface area contributed by atoms with Gasteiger partial charge in [0.15, 0.2) is 23.3 Å². The van der Waals surface area contributed by atoms with Crippen LogP contribution in [0, 0.1) is 51.7 Å². The van der Waals surface area contributed by atoms with E-state index in [1.165, 1.54) is 176 Å². The van der Waals surface area contributed by atoms with Crippen LogP contribution in [-0.4, -0.2) is 171 Å². The van der Waals surface area contributed by atoms with Crippen molar-refractivity contribution >= 4 is 38.3 Å². The summed E-state index contributed by atoms with van der Waals surface area (Å²) in [5.74, 6) is 1.96. The number of unbranched alkanes of at least 4 members (excludes halogenated alkanes) is 26. The Morgan fingerprint density at radius 2 is 1.06 bits per heavy atom. The number of aliphatic hydroxyl groups excluding tert-OH is 3. The van der Waals surface area contributed by atoms with E-state index in [9.17, 15) is 55.1 Å². The summed E-state index contributed by atoms with van der Waals surface area (Å²) in [7, 11) is -9.93. The number of aliphatic hydroxyl groups is 4. The van der Waals surface area contributed by atoms with E-state index >= 15 is 0 Å². The first-order valence-electron chi connectivity index (χ1n) is 41.4. The molecule has 9 rings (SSSR count). The summed E-state index contributed by atoms with van der Waals surface area (Å²) in [6, 6.07) is 15.2. The molecule has 0 radical (unpaired) electrons. The molecular weight excluding hydrogens is 1480 g/mol. The third-order valence-electron chi connectivity index (χ3n) is 22.9. The monoisotopic (exact) mass is 1600 g/mol. The Bertz CT molecular complexity index is 3840. The van der Waals surface area contributed by atoms with Crippen molar-refractivity contribution < 1.29 is 85.9 Å². The number of hydrogen-bond donors (Lipinski definition) is 8. The van der Waals surface area contributed by atoms with Crippen LogP contribution in [-0.2, 0) is 62.3 Å². The van der Waals surface area contributed by atoms with Crippen molar-refractivity contribution in [2.45, 2.75) is 311 Å². The van der Waals surface area contributed by atoms with Crippen molar-refractivity contribution in [1.82, 2.24) is 34.2 Å². The van der Waals surface area contributed by atoms with Gasteiger partial charge >= 0.3 is 15.6 Å². The summed E-state index contributed by atoms with van der Waals surface area (Å²) in [6.45, 7) is 4.33. The first-order valence-corrected chi connectivity index (χ1v) is 44.4. The molecule has 4 fully saturated rings. The molecule has 622 valence electrons. The van der Waals surface area contributed by atoms with Crippen LogP contribution in [0.25, 0.3) is 11.0 Å². The van der Waals surface area contributed by atoms with Crippen molar-refractivity contribution in [3.63, 3.8) is 0 Å². The molecule has 4 aliphatic rings. The number of nitriles is 3. The molecule has 2 saturated heterocycles. The topological polar surface area (TPSA) is 445 Å². The molecule has 0 bridgehead atoms. The maximum absolute atomic E-state index is 13.6. The number of nitrogens with two attached hydrogens (primary N) is 2. The van der Waals surface area contributed by atoms with Crippen molar-refractivity contribution in [3.05, 3.63) is 77.9 Å². The summed E-state index contributed by atoms with van der Waals surface area (Å²) in [5.41, 5.74) is 7.34. The zero-order valence-electron chi connectivity index (χ0n) is 65.8. The summed E-state index contributed by atoms with van der Waals surface area (Å²) in [4.78, 5) is 34.0. The fraction of sp³-hybridized carbons (Fsp3) is 0.750. The molecule has 0 spiro atoms. The lowest BCUT2D eigenvalue weighted by Crippen LogP contribution is -2.45. The Morgan fingerprint density at radius 3 is 1.56 bits per heavy atom. The van der Waals surface area contributed by atoms with Crippen molar-refractivity contribution in [2.75, 3.05) is 64.3 Å². The van der Waals surface area contributed by atoms with Gasteiger partial charge in [-0.3, -0.25) is 18.1 Å². The number of nitrogen functional groups attached to an aromatic ring is 2. The standard InChI is InChI=1S/C80H124N12O18P2/c1-3-5-7-8-9-10-11-12-13-14-15-17-20-23-26-30-44-101-50-64(52-105-111(97,98)107-56-78(54-82)73(94)70(93)71(108-78)66-40-42-68-75(84)87-57-89-91(66)68)103-48-59-34-37-62(38-35-59)61(32-28-6-4-2)33-29-25-22-19-16-18-21-24-27-31-45-102-51-65(104-49-60-36-39-63(46-81)86-47-60)53-106-112(99,100)110-77-79(55-83)80(77,96)74(95)72(109-79)67-41-43-69-76(85)88-58-90-92(67)69/h36,39-43,47,57-59,61-62,64-65,70-74,77,93-96H,3-35,37-38,44-45,48-53,56H2,1-2H3,(H,97,98)(H,99,100)(H2,84,87,89)(H2,85,88,90)/t59?,61?,62?,64-,65-,70+,71+,72+,73+,74+,77?,78-,79-,80-/m1/s1. The van der Waals surface area contributed by atoms with Gasteiger partial charge in [-0.15, -0.1) is 0 Å². The molecule has 0 amide bonds. The van der Waals surface area contributed by atoms with Crippen molar-refractivity contribution in [2.24, 2.45) is 17.8 Å². The number of nitrogens with zero attached hydrogens (tertiary/aromatic N) is 10. The van der Waals surface area contributed by atoms with E-state index in [0.717, 1.165) is 77.0 Å². The predicted molar refractivity (Wildman–Crippen MR) is 417 cm³/mol. The second kappa shape index (κ2) is 45.7. The SMILES string of the molecule is CCCCCCCCCCCCCCCCCCOC[C@H](COP(=O)(O)OC[C@@]1(C#N)O[C@@H](c2ccc3c(N)ncnn23)[C@H](O)[C@@H]1O)OCC1CCC(C(CCCCC)CCCCCCCCCCCCOC[C@H](COP(=O)(O)OC2[C@@]3(C#N)O[C@@H](c4ccc5c(N)ncnn45)[C@H](O)[C@@]23O)OCc2ccc(C#N)nc2)CC1.